The van der Waals surface area contributed by atoms with Gasteiger partial charge in [0.1, 0.15) is 30.2 Å². The van der Waals surface area contributed by atoms with Crippen molar-refractivity contribution in [2.24, 2.45) is 0 Å². The van der Waals surface area contributed by atoms with Crippen molar-refractivity contribution in [3.05, 3.63) is 57.6 Å². The second-order valence-electron chi connectivity index (χ2n) is 9.22. The van der Waals surface area contributed by atoms with Gasteiger partial charge in [0.05, 0.1) is 22.1 Å². The molecule has 5 rings (SSSR count). The number of hydrogen-bond donors (Lipinski definition) is 3. The highest BCUT2D eigenvalue weighted by molar-refractivity contribution is 6.04. The quantitative estimate of drug-likeness (QED) is 0.432. The molecule has 0 saturated heterocycles. The van der Waals surface area contributed by atoms with Gasteiger partial charge in [-0.1, -0.05) is 30.5 Å². The zero-order chi connectivity index (χ0) is 24.7. The second kappa shape index (κ2) is 8.79. The smallest absolute Gasteiger partial charge is 0.341 e. The highest BCUT2D eigenvalue weighted by Gasteiger charge is 2.43. The average molecular weight is 482 g/mol. The molecule has 184 valence electrons. The van der Waals surface area contributed by atoms with Gasteiger partial charge in [-0.15, -0.1) is 0 Å². The van der Waals surface area contributed by atoms with E-state index in [4.69, 9.17) is 9.47 Å². The van der Waals surface area contributed by atoms with E-state index in [0.717, 1.165) is 31.2 Å². The first kappa shape index (κ1) is 23.0. The molecule has 1 aromatic heterocycles. The maximum atomic E-state index is 15.7. The number of nitrogens with one attached hydrogen (secondary N) is 2. The number of ether oxygens (including phenoxy) is 2. The van der Waals surface area contributed by atoms with Crippen LogP contribution in [0.25, 0.3) is 10.9 Å². The first-order chi connectivity index (χ1) is 16.9. The van der Waals surface area contributed by atoms with Crippen LogP contribution < -0.4 is 25.5 Å². The highest BCUT2D eigenvalue weighted by atomic mass is 19.1. The van der Waals surface area contributed by atoms with Crippen molar-refractivity contribution >= 4 is 28.2 Å². The lowest BCUT2D eigenvalue weighted by molar-refractivity contribution is 0.0692. The van der Waals surface area contributed by atoms with Gasteiger partial charge in [-0.3, -0.25) is 4.79 Å². The first-order valence-electron chi connectivity index (χ1n) is 11.8. The van der Waals surface area contributed by atoms with Crippen LogP contribution in [-0.4, -0.2) is 42.4 Å². The number of benzene rings is 2. The number of pyridine rings is 1. The molecule has 1 aliphatic carbocycles. The van der Waals surface area contributed by atoms with Crippen molar-refractivity contribution in [1.29, 1.82) is 0 Å². The summed E-state index contributed by atoms with van der Waals surface area (Å²) in [6.45, 7) is 2.85. The summed E-state index contributed by atoms with van der Waals surface area (Å²) in [7, 11) is 1.51. The molecule has 1 spiro atoms. The average Bonchev–Trinajstić information content (AvgIpc) is 3.31. The van der Waals surface area contributed by atoms with Crippen LogP contribution in [0.5, 0.6) is 11.5 Å². The molecule has 35 heavy (non-hydrogen) atoms. The standard InChI is InChI=1S/C26H28FN3O5/c1-15-5-7-16(8-6-15)34-12-11-29-21-19(27)20(28-2)18-22-24(21)35-14-26(9-3-4-10-26)30(22)13-17(23(18)31)25(32)33/h5-8,13,28-29H,3-4,9-12,14H2,1-2H3,(H,32,33). The number of rotatable bonds is 7. The molecule has 1 aliphatic heterocycles. The topological polar surface area (TPSA) is 102 Å². The number of hydrogen-bond acceptors (Lipinski definition) is 6. The lowest BCUT2D eigenvalue weighted by Crippen LogP contribution is -2.42. The minimum absolute atomic E-state index is 0.00710. The SMILES string of the molecule is CNc1c(F)c(NCCOc2ccc(C)cc2)c2c3c1c(=O)c(C(=O)O)cn3C1(CCCC1)CO2. The summed E-state index contributed by atoms with van der Waals surface area (Å²) in [6.07, 6.45) is 4.93. The van der Waals surface area contributed by atoms with E-state index in [1.54, 1.807) is 0 Å². The monoisotopic (exact) mass is 481 g/mol. The summed E-state index contributed by atoms with van der Waals surface area (Å²) in [4.78, 5) is 25.1. The van der Waals surface area contributed by atoms with E-state index in [2.05, 4.69) is 10.6 Å². The zero-order valence-corrected chi connectivity index (χ0v) is 19.7. The molecule has 0 amide bonds. The summed E-state index contributed by atoms with van der Waals surface area (Å²) in [6, 6.07) is 7.65. The summed E-state index contributed by atoms with van der Waals surface area (Å²) in [5.41, 5.74) is 0.0470. The van der Waals surface area contributed by atoms with E-state index >= 15 is 4.39 Å². The molecule has 2 aromatic carbocycles. The number of fused-ring (bicyclic) bond motifs is 1. The molecule has 0 bridgehead atoms. The van der Waals surface area contributed by atoms with Crippen LogP contribution in [0.4, 0.5) is 15.8 Å². The fourth-order valence-electron chi connectivity index (χ4n) is 5.26. The van der Waals surface area contributed by atoms with E-state index < -0.39 is 22.8 Å². The minimum Gasteiger partial charge on any atom is -0.492 e. The predicted octanol–water partition coefficient (Wildman–Crippen LogP) is 4.34. The van der Waals surface area contributed by atoms with Crippen molar-refractivity contribution in [2.45, 2.75) is 38.1 Å². The van der Waals surface area contributed by atoms with Crippen molar-refractivity contribution in [2.75, 3.05) is 37.4 Å². The number of aromatic nitrogens is 1. The van der Waals surface area contributed by atoms with Crippen LogP contribution in [0.15, 0.2) is 35.3 Å². The van der Waals surface area contributed by atoms with E-state index in [1.807, 2.05) is 35.8 Å². The van der Waals surface area contributed by atoms with E-state index in [9.17, 15) is 14.7 Å². The van der Waals surface area contributed by atoms with Gasteiger partial charge in [0, 0.05) is 19.8 Å². The third kappa shape index (κ3) is 3.75. The van der Waals surface area contributed by atoms with Crippen molar-refractivity contribution in [1.82, 2.24) is 4.57 Å². The van der Waals surface area contributed by atoms with Crippen LogP contribution in [0.3, 0.4) is 0 Å². The van der Waals surface area contributed by atoms with E-state index in [0.29, 0.717) is 17.8 Å². The van der Waals surface area contributed by atoms with Gasteiger partial charge >= 0.3 is 5.97 Å². The Morgan fingerprint density at radius 3 is 2.60 bits per heavy atom. The summed E-state index contributed by atoms with van der Waals surface area (Å²) in [5.74, 6) is -1.10. The molecule has 0 radical (unpaired) electrons. The molecule has 8 nitrogen and oxygen atoms in total. The van der Waals surface area contributed by atoms with Gasteiger partial charge in [-0.05, 0) is 31.9 Å². The fraction of sp³-hybridized carbons (Fsp3) is 0.385. The second-order valence-corrected chi connectivity index (χ2v) is 9.22. The highest BCUT2D eigenvalue weighted by Crippen LogP contribution is 2.49. The van der Waals surface area contributed by atoms with Crippen LogP contribution >= 0.6 is 0 Å². The number of carbonyl (C=O) groups is 1. The molecule has 3 N–H and O–H groups in total. The molecule has 9 heteroatoms. The van der Waals surface area contributed by atoms with Crippen molar-refractivity contribution < 1.29 is 23.8 Å². The Balaban J connectivity index is 1.60. The first-order valence-corrected chi connectivity index (χ1v) is 11.8. The molecule has 0 atom stereocenters. The lowest BCUT2D eigenvalue weighted by atomic mass is 9.93. The van der Waals surface area contributed by atoms with Crippen LogP contribution in [0.2, 0.25) is 0 Å². The van der Waals surface area contributed by atoms with E-state index in [1.165, 1.54) is 13.2 Å². The molecule has 2 aliphatic rings. The number of aryl methyl sites for hydroxylation is 1. The lowest BCUT2D eigenvalue weighted by Gasteiger charge is -2.39. The largest absolute Gasteiger partial charge is 0.492 e. The van der Waals surface area contributed by atoms with Crippen molar-refractivity contribution in [3.63, 3.8) is 0 Å². The zero-order valence-electron chi connectivity index (χ0n) is 19.7. The third-order valence-corrected chi connectivity index (χ3v) is 7.04. The van der Waals surface area contributed by atoms with Crippen LogP contribution in [0.1, 0.15) is 41.6 Å². The number of anilines is 2. The Morgan fingerprint density at radius 2 is 1.94 bits per heavy atom. The van der Waals surface area contributed by atoms with Gasteiger partial charge in [0.15, 0.2) is 11.6 Å². The predicted molar refractivity (Wildman–Crippen MR) is 132 cm³/mol. The number of carboxylic acids is 1. The number of carboxylic acid groups (broad SMARTS) is 1. The number of aromatic carboxylic acids is 1. The van der Waals surface area contributed by atoms with Crippen LogP contribution in [0, 0.1) is 12.7 Å². The van der Waals surface area contributed by atoms with Gasteiger partial charge < -0.3 is 29.8 Å². The molecule has 3 aromatic rings. The molecule has 0 unspecified atom stereocenters. The van der Waals surface area contributed by atoms with Gasteiger partial charge in [0.2, 0.25) is 5.43 Å². The summed E-state index contributed by atoms with van der Waals surface area (Å²) in [5, 5.41) is 15.6. The fourth-order valence-corrected chi connectivity index (χ4v) is 5.26. The Kier molecular flexibility index (Phi) is 5.78. The minimum atomic E-state index is -1.33. The molecular formula is C26H28FN3O5. The number of nitrogens with zero attached hydrogens (tertiary/aromatic N) is 1. The van der Waals surface area contributed by atoms with E-state index in [-0.39, 0.29) is 41.3 Å². The number of halogens is 1. The Bertz CT molecular complexity index is 1360. The van der Waals surface area contributed by atoms with Gasteiger partial charge in [0.25, 0.3) is 0 Å². The van der Waals surface area contributed by atoms with Gasteiger partial charge in [-0.25, -0.2) is 9.18 Å². The van der Waals surface area contributed by atoms with Gasteiger partial charge in [-0.2, -0.15) is 0 Å². The normalized spacial score (nSPS) is 15.7. The third-order valence-electron chi connectivity index (χ3n) is 7.04. The Hall–Kier alpha value is -3.75. The maximum absolute atomic E-state index is 15.7. The van der Waals surface area contributed by atoms with Crippen LogP contribution in [-0.2, 0) is 5.54 Å². The molecular weight excluding hydrogens is 453 g/mol. The summed E-state index contributed by atoms with van der Waals surface area (Å²) >= 11 is 0. The summed E-state index contributed by atoms with van der Waals surface area (Å²) < 4.78 is 29.5. The Labute approximate surface area is 201 Å². The van der Waals surface area contributed by atoms with Crippen molar-refractivity contribution in [3.8, 4) is 11.5 Å². The Morgan fingerprint density at radius 1 is 1.23 bits per heavy atom. The molecule has 2 heterocycles. The molecule has 1 saturated carbocycles. The maximum Gasteiger partial charge on any atom is 0.341 e. The molecule has 1 fully saturated rings.